The first-order valence-electron chi connectivity index (χ1n) is 8.72. The number of hydrogen-bond acceptors (Lipinski definition) is 5. The van der Waals surface area contributed by atoms with Crippen molar-refractivity contribution in [2.75, 3.05) is 17.7 Å². The molecule has 2 aromatic rings. The van der Waals surface area contributed by atoms with Gasteiger partial charge in [0.1, 0.15) is 5.82 Å². The monoisotopic (exact) mass is 377 g/mol. The maximum absolute atomic E-state index is 12.8. The normalized spacial score (nSPS) is 25.4. The molecule has 0 aromatic carbocycles. The molecule has 0 aliphatic carbocycles. The predicted octanol–water partition coefficient (Wildman–Crippen LogP) is 1.81. The number of aromatic nitrogens is 4. The molecule has 2 aromatic heterocycles. The lowest BCUT2D eigenvalue weighted by atomic mass is 9.94. The molecule has 1 amide bonds. The second-order valence-corrected chi connectivity index (χ2v) is 8.61. The maximum atomic E-state index is 12.8. The highest BCUT2D eigenvalue weighted by molar-refractivity contribution is 8.00. The van der Waals surface area contributed by atoms with E-state index < -0.39 is 0 Å². The van der Waals surface area contributed by atoms with Gasteiger partial charge >= 0.3 is 0 Å². The van der Waals surface area contributed by atoms with E-state index in [-0.39, 0.29) is 28.4 Å². The molecule has 4 heterocycles. The van der Waals surface area contributed by atoms with Crippen molar-refractivity contribution in [3.8, 4) is 0 Å². The van der Waals surface area contributed by atoms with Crippen LogP contribution >= 0.6 is 11.8 Å². The number of rotatable bonds is 2. The Labute approximate surface area is 155 Å². The van der Waals surface area contributed by atoms with Crippen LogP contribution in [0.2, 0.25) is 0 Å². The summed E-state index contributed by atoms with van der Waals surface area (Å²) in [7, 11) is 1.84. The van der Waals surface area contributed by atoms with Crippen LogP contribution in [0.1, 0.15) is 49.1 Å². The van der Waals surface area contributed by atoms with Crippen LogP contribution in [0.5, 0.6) is 0 Å². The Bertz CT molecular complexity index is 897. The Kier molecular flexibility index (Phi) is 4.23. The molecule has 8 nitrogen and oxygen atoms in total. The lowest BCUT2D eigenvalue weighted by Crippen LogP contribution is -2.36. The number of thioether (sulfide) groups is 1. The van der Waals surface area contributed by atoms with E-state index in [0.29, 0.717) is 23.7 Å². The van der Waals surface area contributed by atoms with Crippen molar-refractivity contribution in [3.05, 3.63) is 33.9 Å². The average Bonchev–Trinajstić information content (AvgIpc) is 3.07. The van der Waals surface area contributed by atoms with Gasteiger partial charge in [-0.3, -0.25) is 24.1 Å². The van der Waals surface area contributed by atoms with Gasteiger partial charge in [0, 0.05) is 25.4 Å². The molecule has 26 heavy (non-hydrogen) atoms. The molecule has 140 valence electrons. The Morgan fingerprint density at radius 1 is 1.38 bits per heavy atom. The third-order valence-electron chi connectivity index (χ3n) is 4.93. The average molecular weight is 377 g/mol. The summed E-state index contributed by atoms with van der Waals surface area (Å²) >= 11 is 1.45. The Balaban J connectivity index is 1.80. The first-order valence-corrected chi connectivity index (χ1v) is 9.77. The minimum absolute atomic E-state index is 0.0770. The molecular weight excluding hydrogens is 354 g/mol. The van der Waals surface area contributed by atoms with Gasteiger partial charge in [-0.05, 0) is 26.7 Å². The number of nitrogens with one attached hydrogen (secondary N) is 2. The van der Waals surface area contributed by atoms with Gasteiger partial charge in [-0.25, -0.2) is 0 Å². The van der Waals surface area contributed by atoms with Crippen molar-refractivity contribution in [1.29, 1.82) is 0 Å². The molecule has 0 bridgehead atoms. The van der Waals surface area contributed by atoms with Gasteiger partial charge in [-0.1, -0.05) is 0 Å². The summed E-state index contributed by atoms with van der Waals surface area (Å²) in [5.74, 6) is 0.788. The number of aromatic amines is 1. The zero-order valence-corrected chi connectivity index (χ0v) is 15.9. The number of ether oxygens (including phenoxy) is 1. The van der Waals surface area contributed by atoms with Crippen molar-refractivity contribution in [2.24, 2.45) is 7.05 Å². The van der Waals surface area contributed by atoms with Crippen LogP contribution in [0.15, 0.2) is 17.2 Å². The summed E-state index contributed by atoms with van der Waals surface area (Å²) in [6, 6.07) is 0.0770. The third-order valence-corrected chi connectivity index (χ3v) is 6.20. The van der Waals surface area contributed by atoms with Gasteiger partial charge in [0.15, 0.2) is 0 Å². The highest BCUT2D eigenvalue weighted by Crippen LogP contribution is 2.41. The van der Waals surface area contributed by atoms with Crippen LogP contribution in [0.4, 0.5) is 5.82 Å². The quantitative estimate of drug-likeness (QED) is 0.833. The van der Waals surface area contributed by atoms with Gasteiger partial charge in [0.2, 0.25) is 5.91 Å². The predicted molar refractivity (Wildman–Crippen MR) is 99.5 cm³/mol. The van der Waals surface area contributed by atoms with Gasteiger partial charge in [-0.15, -0.1) is 11.8 Å². The number of hydrogen-bond donors (Lipinski definition) is 2. The minimum Gasteiger partial charge on any atom is -0.375 e. The fourth-order valence-corrected chi connectivity index (χ4v) is 4.87. The largest absolute Gasteiger partial charge is 0.375 e. The summed E-state index contributed by atoms with van der Waals surface area (Å²) in [5.41, 5.74) is 1.10. The second-order valence-electron chi connectivity index (χ2n) is 7.51. The smallest absolute Gasteiger partial charge is 0.270 e. The number of carbonyl (C=O) groups excluding carboxylic acids is 1. The molecule has 2 aliphatic rings. The summed E-state index contributed by atoms with van der Waals surface area (Å²) < 4.78 is 9.35. The second kappa shape index (κ2) is 6.31. The van der Waals surface area contributed by atoms with Gasteiger partial charge < -0.3 is 10.1 Å². The maximum Gasteiger partial charge on any atom is 0.270 e. The molecule has 2 unspecified atom stereocenters. The van der Waals surface area contributed by atoms with Crippen LogP contribution in [0.25, 0.3) is 0 Å². The lowest BCUT2D eigenvalue weighted by Gasteiger charge is -2.36. The summed E-state index contributed by atoms with van der Waals surface area (Å²) in [6.45, 7) is 4.72. The molecule has 0 saturated carbocycles. The number of amides is 1. The lowest BCUT2D eigenvalue weighted by molar-refractivity contribution is -0.113. The molecule has 9 heteroatoms. The van der Waals surface area contributed by atoms with E-state index in [2.05, 4.69) is 15.5 Å². The van der Waals surface area contributed by atoms with E-state index in [1.54, 1.807) is 10.9 Å². The standard InChI is InChI=1S/C17H23N5O3S/c1-17(2)6-11(4-5-25-17)22-15-13(16(24)20-22)14(26-9-12(23)19-15)10-7-18-21(3)8-10/h7-8,11,14H,4-6,9H2,1-3H3,(H,19,23)(H,20,24). The first-order chi connectivity index (χ1) is 12.3. The topological polar surface area (TPSA) is 93.9 Å². The Morgan fingerprint density at radius 2 is 2.19 bits per heavy atom. The highest BCUT2D eigenvalue weighted by Gasteiger charge is 2.36. The fourth-order valence-electron chi connectivity index (χ4n) is 3.78. The van der Waals surface area contributed by atoms with Crippen LogP contribution in [-0.2, 0) is 16.6 Å². The van der Waals surface area contributed by atoms with Crippen molar-refractivity contribution < 1.29 is 9.53 Å². The number of H-pyrrole nitrogens is 1. The van der Waals surface area contributed by atoms with Crippen LogP contribution < -0.4 is 10.9 Å². The van der Waals surface area contributed by atoms with Crippen molar-refractivity contribution in [2.45, 2.75) is 43.6 Å². The molecule has 2 atom stereocenters. The molecule has 2 N–H and O–H groups in total. The van der Waals surface area contributed by atoms with E-state index in [4.69, 9.17) is 4.74 Å². The highest BCUT2D eigenvalue weighted by atomic mass is 32.2. The molecule has 0 spiro atoms. The van der Waals surface area contributed by atoms with E-state index in [0.717, 1.165) is 18.4 Å². The molecule has 1 fully saturated rings. The number of aryl methyl sites for hydroxylation is 1. The Morgan fingerprint density at radius 3 is 2.88 bits per heavy atom. The van der Waals surface area contributed by atoms with Crippen molar-refractivity contribution in [3.63, 3.8) is 0 Å². The van der Waals surface area contributed by atoms with E-state index in [9.17, 15) is 9.59 Å². The van der Waals surface area contributed by atoms with Gasteiger partial charge in [0.25, 0.3) is 5.56 Å². The molecular formula is C17H23N5O3S. The zero-order chi connectivity index (χ0) is 18.5. The van der Waals surface area contributed by atoms with Crippen LogP contribution in [0.3, 0.4) is 0 Å². The summed E-state index contributed by atoms with van der Waals surface area (Å²) in [6.07, 6.45) is 5.21. The summed E-state index contributed by atoms with van der Waals surface area (Å²) in [5, 5.41) is 9.91. The van der Waals surface area contributed by atoms with Crippen molar-refractivity contribution in [1.82, 2.24) is 19.6 Å². The van der Waals surface area contributed by atoms with E-state index in [1.165, 1.54) is 11.8 Å². The molecule has 4 rings (SSSR count). The molecule has 1 saturated heterocycles. The number of nitrogens with zero attached hydrogens (tertiary/aromatic N) is 3. The number of anilines is 1. The molecule has 0 radical (unpaired) electrons. The van der Waals surface area contributed by atoms with Gasteiger partial charge in [-0.2, -0.15) is 5.10 Å². The Hall–Kier alpha value is -2.00. The van der Waals surface area contributed by atoms with Crippen LogP contribution in [0, 0.1) is 0 Å². The third kappa shape index (κ3) is 3.09. The summed E-state index contributed by atoms with van der Waals surface area (Å²) in [4.78, 5) is 25.1. The number of fused-ring (bicyclic) bond motifs is 1. The SMILES string of the molecule is Cn1cc(C2SCC(=O)Nc3c2c(=O)[nH]n3C2CCOC(C)(C)C2)cn1. The van der Waals surface area contributed by atoms with E-state index >= 15 is 0 Å². The van der Waals surface area contributed by atoms with Gasteiger partial charge in [0.05, 0.1) is 34.4 Å². The number of carbonyl (C=O) groups is 1. The van der Waals surface area contributed by atoms with Crippen LogP contribution in [-0.4, -0.2) is 43.4 Å². The first kappa shape index (κ1) is 17.4. The van der Waals surface area contributed by atoms with Crippen molar-refractivity contribution >= 4 is 23.5 Å². The minimum atomic E-state index is -0.261. The molecule has 2 aliphatic heterocycles. The zero-order valence-electron chi connectivity index (χ0n) is 15.1. The van der Waals surface area contributed by atoms with E-state index in [1.807, 2.05) is 31.8 Å². The fraction of sp³-hybridized carbons (Fsp3) is 0.588.